The van der Waals surface area contributed by atoms with Gasteiger partial charge in [0.05, 0.1) is 0 Å². The van der Waals surface area contributed by atoms with Crippen LogP contribution in [0.1, 0.15) is 45.0 Å². The normalized spacial score (nSPS) is 12.4. The first-order valence-electron chi connectivity index (χ1n) is 7.16. The maximum absolute atomic E-state index is 12.4. The molecule has 1 atom stereocenters. The van der Waals surface area contributed by atoms with Gasteiger partial charge in [-0.1, -0.05) is 11.6 Å². The summed E-state index contributed by atoms with van der Waals surface area (Å²) in [7, 11) is 0. The van der Waals surface area contributed by atoms with Gasteiger partial charge in [-0.15, -0.1) is 0 Å². The predicted molar refractivity (Wildman–Crippen MR) is 85.1 cm³/mol. The summed E-state index contributed by atoms with van der Waals surface area (Å²) >= 11 is 5.72. The van der Waals surface area contributed by atoms with Crippen molar-refractivity contribution >= 4 is 23.5 Å². The molecule has 0 spiro atoms. The number of halogens is 1. The highest BCUT2D eigenvalue weighted by Gasteiger charge is 2.28. The van der Waals surface area contributed by atoms with Gasteiger partial charge in [-0.25, -0.2) is 4.79 Å². The van der Waals surface area contributed by atoms with Crippen molar-refractivity contribution in [2.75, 3.05) is 0 Å². The molecule has 0 aliphatic heterocycles. The van der Waals surface area contributed by atoms with E-state index in [4.69, 9.17) is 16.3 Å². The molecule has 0 aliphatic rings. The minimum atomic E-state index is -0.938. The SMILES string of the molecule is CC(C)N(C(=O)[C@@H](C)OC(=O)c1ccc(Cl)cc1O)C(C)C. The summed E-state index contributed by atoms with van der Waals surface area (Å²) < 4.78 is 5.17. The first-order chi connectivity index (χ1) is 10.1. The lowest BCUT2D eigenvalue weighted by atomic mass is 10.2. The molecule has 1 rings (SSSR count). The number of carbonyl (C=O) groups excluding carboxylic acids is 2. The smallest absolute Gasteiger partial charge is 0.342 e. The number of nitrogens with zero attached hydrogens (tertiary/aromatic N) is 1. The average Bonchev–Trinajstić information content (AvgIpc) is 2.37. The Morgan fingerprint density at radius 2 is 1.68 bits per heavy atom. The second kappa shape index (κ2) is 7.49. The highest BCUT2D eigenvalue weighted by molar-refractivity contribution is 6.30. The van der Waals surface area contributed by atoms with E-state index in [1.165, 1.54) is 25.1 Å². The zero-order valence-electron chi connectivity index (χ0n) is 13.5. The van der Waals surface area contributed by atoms with Gasteiger partial charge in [0.25, 0.3) is 5.91 Å². The molecule has 0 fully saturated rings. The first-order valence-corrected chi connectivity index (χ1v) is 7.54. The molecule has 0 heterocycles. The van der Waals surface area contributed by atoms with Crippen LogP contribution in [0.25, 0.3) is 0 Å². The topological polar surface area (TPSA) is 66.8 Å². The summed E-state index contributed by atoms with van der Waals surface area (Å²) in [6, 6.07) is 4.08. The quantitative estimate of drug-likeness (QED) is 0.843. The van der Waals surface area contributed by atoms with E-state index in [0.29, 0.717) is 5.02 Å². The number of hydrogen-bond acceptors (Lipinski definition) is 4. The van der Waals surface area contributed by atoms with Crippen LogP contribution in [-0.2, 0) is 9.53 Å². The van der Waals surface area contributed by atoms with E-state index in [2.05, 4.69) is 0 Å². The summed E-state index contributed by atoms with van der Waals surface area (Å²) in [5, 5.41) is 10.0. The van der Waals surface area contributed by atoms with Gasteiger partial charge in [0, 0.05) is 17.1 Å². The number of carbonyl (C=O) groups is 2. The number of aromatic hydroxyl groups is 1. The fraction of sp³-hybridized carbons (Fsp3) is 0.500. The lowest BCUT2D eigenvalue weighted by Gasteiger charge is -2.32. The van der Waals surface area contributed by atoms with Crippen LogP contribution in [0.15, 0.2) is 18.2 Å². The first kappa shape index (κ1) is 18.3. The third-order valence-corrected chi connectivity index (χ3v) is 3.41. The fourth-order valence-corrected chi connectivity index (χ4v) is 2.43. The van der Waals surface area contributed by atoms with E-state index in [9.17, 15) is 14.7 Å². The molecule has 0 radical (unpaired) electrons. The van der Waals surface area contributed by atoms with Crippen molar-refractivity contribution in [3.63, 3.8) is 0 Å². The third kappa shape index (κ3) is 4.37. The zero-order valence-corrected chi connectivity index (χ0v) is 14.2. The third-order valence-electron chi connectivity index (χ3n) is 3.18. The molecule has 0 aliphatic carbocycles. The van der Waals surface area contributed by atoms with Crippen molar-refractivity contribution < 1.29 is 19.4 Å². The van der Waals surface area contributed by atoms with Crippen LogP contribution in [0, 0.1) is 0 Å². The van der Waals surface area contributed by atoms with Gasteiger partial charge in [-0.2, -0.15) is 0 Å². The monoisotopic (exact) mass is 327 g/mol. The molecule has 22 heavy (non-hydrogen) atoms. The van der Waals surface area contributed by atoms with E-state index in [-0.39, 0.29) is 29.3 Å². The average molecular weight is 328 g/mol. The lowest BCUT2D eigenvalue weighted by Crippen LogP contribution is -2.47. The standard InChI is InChI=1S/C16H22ClNO4/c1-9(2)18(10(3)4)15(20)11(5)22-16(21)13-7-6-12(17)8-14(13)19/h6-11,19H,1-5H3/t11-/m1/s1. The Balaban J connectivity index is 2.85. The number of phenolic OH excluding ortho intramolecular Hbond substituents is 1. The molecule has 1 aromatic carbocycles. The van der Waals surface area contributed by atoms with Crippen LogP contribution < -0.4 is 0 Å². The molecular formula is C16H22ClNO4. The van der Waals surface area contributed by atoms with Gasteiger partial charge in [0.15, 0.2) is 6.10 Å². The van der Waals surface area contributed by atoms with Gasteiger partial charge < -0.3 is 14.7 Å². The Kier molecular flexibility index (Phi) is 6.23. The minimum Gasteiger partial charge on any atom is -0.507 e. The molecule has 1 aromatic rings. The maximum atomic E-state index is 12.4. The Labute approximate surface area is 135 Å². The molecule has 0 saturated heterocycles. The van der Waals surface area contributed by atoms with Crippen molar-refractivity contribution in [3.05, 3.63) is 28.8 Å². The predicted octanol–water partition coefficient (Wildman–Crippen LogP) is 3.24. The minimum absolute atomic E-state index is 0.00223. The number of phenols is 1. The highest BCUT2D eigenvalue weighted by Crippen LogP contribution is 2.23. The van der Waals surface area contributed by atoms with Crippen LogP contribution in [0.5, 0.6) is 5.75 Å². The Morgan fingerprint density at radius 3 is 2.14 bits per heavy atom. The molecule has 0 bridgehead atoms. The number of esters is 1. The zero-order chi connectivity index (χ0) is 17.0. The second-order valence-corrected chi connectivity index (χ2v) is 6.08. The largest absolute Gasteiger partial charge is 0.507 e. The molecule has 0 saturated carbocycles. The van der Waals surface area contributed by atoms with Crippen molar-refractivity contribution in [3.8, 4) is 5.75 Å². The van der Waals surface area contributed by atoms with E-state index in [0.717, 1.165) is 0 Å². The van der Waals surface area contributed by atoms with Gasteiger partial charge in [-0.3, -0.25) is 4.79 Å². The van der Waals surface area contributed by atoms with Gasteiger partial charge >= 0.3 is 5.97 Å². The van der Waals surface area contributed by atoms with E-state index in [1.54, 1.807) is 4.90 Å². The Morgan fingerprint density at radius 1 is 1.14 bits per heavy atom. The number of benzene rings is 1. The highest BCUT2D eigenvalue weighted by atomic mass is 35.5. The molecule has 5 nitrogen and oxygen atoms in total. The van der Waals surface area contributed by atoms with Crippen molar-refractivity contribution in [1.29, 1.82) is 0 Å². The van der Waals surface area contributed by atoms with Crippen LogP contribution in [0.4, 0.5) is 0 Å². The summed E-state index contributed by atoms with van der Waals surface area (Å²) in [6.07, 6.45) is -0.938. The molecule has 1 amide bonds. The molecule has 0 unspecified atom stereocenters. The fourth-order valence-electron chi connectivity index (χ4n) is 2.27. The summed E-state index contributed by atoms with van der Waals surface area (Å²) in [6.45, 7) is 9.12. The van der Waals surface area contributed by atoms with E-state index in [1.807, 2.05) is 27.7 Å². The maximum Gasteiger partial charge on any atom is 0.342 e. The number of amides is 1. The molecular weight excluding hydrogens is 306 g/mol. The van der Waals surface area contributed by atoms with Crippen molar-refractivity contribution in [1.82, 2.24) is 4.90 Å². The van der Waals surface area contributed by atoms with Crippen LogP contribution in [-0.4, -0.2) is 40.1 Å². The van der Waals surface area contributed by atoms with Gasteiger partial charge in [0.2, 0.25) is 0 Å². The number of rotatable bonds is 5. The Hall–Kier alpha value is -1.75. The van der Waals surface area contributed by atoms with Crippen LogP contribution >= 0.6 is 11.6 Å². The van der Waals surface area contributed by atoms with Crippen LogP contribution in [0.2, 0.25) is 5.02 Å². The molecule has 6 heteroatoms. The van der Waals surface area contributed by atoms with E-state index >= 15 is 0 Å². The van der Waals surface area contributed by atoms with E-state index < -0.39 is 12.1 Å². The molecule has 1 N–H and O–H groups in total. The second-order valence-electron chi connectivity index (χ2n) is 5.64. The van der Waals surface area contributed by atoms with Crippen molar-refractivity contribution in [2.24, 2.45) is 0 Å². The lowest BCUT2D eigenvalue weighted by molar-refractivity contribution is -0.143. The number of ether oxygens (including phenoxy) is 1. The summed E-state index contributed by atoms with van der Waals surface area (Å²) in [5.74, 6) is -1.31. The molecule has 0 aromatic heterocycles. The summed E-state index contributed by atoms with van der Waals surface area (Å²) in [4.78, 5) is 26.1. The van der Waals surface area contributed by atoms with Gasteiger partial charge in [0.1, 0.15) is 11.3 Å². The van der Waals surface area contributed by atoms with Gasteiger partial charge in [-0.05, 0) is 52.8 Å². The Bertz CT molecular complexity index is 549. The number of hydrogen-bond donors (Lipinski definition) is 1. The van der Waals surface area contributed by atoms with Crippen molar-refractivity contribution in [2.45, 2.75) is 52.8 Å². The van der Waals surface area contributed by atoms with Crippen LogP contribution in [0.3, 0.4) is 0 Å². The summed E-state index contributed by atoms with van der Waals surface area (Å²) in [5.41, 5.74) is -0.0234. The molecule has 122 valence electrons.